The Morgan fingerprint density at radius 1 is 1.43 bits per heavy atom. The van der Waals surface area contributed by atoms with Gasteiger partial charge in [0.1, 0.15) is 5.75 Å². The molecule has 0 fully saturated rings. The molecule has 0 radical (unpaired) electrons. The van der Waals surface area contributed by atoms with E-state index in [1.807, 2.05) is 0 Å². The molecule has 9 heteroatoms. The number of nitro groups is 1. The average molecular weight is 295 g/mol. The Kier molecular flexibility index (Phi) is 3.83. The number of nitrogens with zero attached hydrogens (tertiary/aromatic N) is 2. The summed E-state index contributed by atoms with van der Waals surface area (Å²) in [6, 6.07) is 3.84. The number of rotatable bonds is 4. The quantitative estimate of drug-likeness (QED) is 0.658. The molecule has 2 aromatic rings. The highest BCUT2D eigenvalue weighted by molar-refractivity contribution is 5.43. The average Bonchev–Trinajstić information content (AvgIpc) is 2.44. The van der Waals surface area contributed by atoms with Crippen LogP contribution in [0.1, 0.15) is 5.56 Å². The van der Waals surface area contributed by atoms with Crippen LogP contribution in [0.4, 0.5) is 10.1 Å². The van der Waals surface area contributed by atoms with Gasteiger partial charge in [-0.1, -0.05) is 0 Å². The first-order valence-corrected chi connectivity index (χ1v) is 5.73. The third kappa shape index (κ3) is 2.96. The van der Waals surface area contributed by atoms with Gasteiger partial charge in [0.25, 0.3) is 11.2 Å². The Bertz CT molecular complexity index is 811. The van der Waals surface area contributed by atoms with E-state index in [4.69, 9.17) is 4.74 Å². The van der Waals surface area contributed by atoms with Gasteiger partial charge in [0.2, 0.25) is 5.82 Å². The van der Waals surface area contributed by atoms with Crippen LogP contribution in [0.3, 0.4) is 0 Å². The summed E-state index contributed by atoms with van der Waals surface area (Å²) in [4.78, 5) is 34.5. The minimum Gasteiger partial charge on any atom is -0.496 e. The van der Waals surface area contributed by atoms with Crippen molar-refractivity contribution in [1.82, 2.24) is 9.55 Å². The van der Waals surface area contributed by atoms with Crippen LogP contribution in [-0.2, 0) is 6.54 Å². The van der Waals surface area contributed by atoms with Crippen LogP contribution < -0.4 is 16.0 Å². The Hall–Kier alpha value is -2.97. The van der Waals surface area contributed by atoms with Gasteiger partial charge in [-0.2, -0.15) is 4.39 Å². The molecule has 21 heavy (non-hydrogen) atoms. The Morgan fingerprint density at radius 3 is 2.76 bits per heavy atom. The minimum atomic E-state index is -1.13. The van der Waals surface area contributed by atoms with Crippen LogP contribution in [0.25, 0.3) is 0 Å². The van der Waals surface area contributed by atoms with E-state index < -0.39 is 22.0 Å². The molecule has 1 heterocycles. The highest BCUT2D eigenvalue weighted by Gasteiger charge is 2.13. The molecule has 0 atom stereocenters. The predicted molar refractivity (Wildman–Crippen MR) is 70.0 cm³/mol. The van der Waals surface area contributed by atoms with Crippen LogP contribution in [-0.4, -0.2) is 21.6 Å². The van der Waals surface area contributed by atoms with E-state index in [1.165, 1.54) is 25.3 Å². The lowest BCUT2D eigenvalue weighted by molar-refractivity contribution is -0.384. The summed E-state index contributed by atoms with van der Waals surface area (Å²) in [5, 5.41) is 10.8. The molecule has 0 aliphatic rings. The van der Waals surface area contributed by atoms with Gasteiger partial charge < -0.3 is 4.74 Å². The zero-order valence-corrected chi connectivity index (χ0v) is 10.8. The van der Waals surface area contributed by atoms with Gasteiger partial charge in [0.05, 0.1) is 24.8 Å². The molecule has 0 amide bonds. The molecule has 0 saturated carbocycles. The lowest BCUT2D eigenvalue weighted by Crippen LogP contribution is -2.31. The molecule has 0 saturated heterocycles. The SMILES string of the molecule is COc1ccc([N+](=O)[O-])cc1Cn1cc(F)c(=O)[nH]c1=O. The second kappa shape index (κ2) is 5.57. The standard InChI is InChI=1S/C12H10FN3O5/c1-21-10-3-2-8(16(19)20)4-7(10)5-15-6-9(13)11(17)14-12(15)18/h2-4,6H,5H2,1H3,(H,14,17,18). The van der Waals surface area contributed by atoms with Gasteiger partial charge in [0.15, 0.2) is 0 Å². The molecule has 0 bridgehead atoms. The van der Waals surface area contributed by atoms with Crippen LogP contribution in [0, 0.1) is 15.9 Å². The highest BCUT2D eigenvalue weighted by Crippen LogP contribution is 2.24. The van der Waals surface area contributed by atoms with E-state index in [0.717, 1.165) is 10.8 Å². The first-order valence-electron chi connectivity index (χ1n) is 5.73. The summed E-state index contributed by atoms with van der Waals surface area (Å²) in [6.07, 6.45) is 0.736. The van der Waals surface area contributed by atoms with E-state index in [2.05, 4.69) is 0 Å². The third-order valence-electron chi connectivity index (χ3n) is 2.78. The molecule has 0 unspecified atom stereocenters. The number of methoxy groups -OCH3 is 1. The van der Waals surface area contributed by atoms with Crippen LogP contribution in [0.15, 0.2) is 34.0 Å². The Labute approximate surface area is 116 Å². The van der Waals surface area contributed by atoms with Gasteiger partial charge in [-0.25, -0.2) is 4.79 Å². The van der Waals surface area contributed by atoms with Crippen molar-refractivity contribution in [2.45, 2.75) is 6.54 Å². The fourth-order valence-corrected chi connectivity index (χ4v) is 1.79. The maximum absolute atomic E-state index is 13.2. The predicted octanol–water partition coefficient (Wildman–Crippen LogP) is 0.641. The fourth-order valence-electron chi connectivity index (χ4n) is 1.79. The van der Waals surface area contributed by atoms with Crippen molar-refractivity contribution < 1.29 is 14.1 Å². The number of aromatic amines is 1. The number of ether oxygens (including phenoxy) is 1. The van der Waals surface area contributed by atoms with E-state index >= 15 is 0 Å². The summed E-state index contributed by atoms with van der Waals surface area (Å²) >= 11 is 0. The largest absolute Gasteiger partial charge is 0.496 e. The second-order valence-electron chi connectivity index (χ2n) is 4.12. The van der Waals surface area contributed by atoms with E-state index in [9.17, 15) is 24.1 Å². The number of H-pyrrole nitrogens is 1. The maximum atomic E-state index is 13.2. The summed E-state index contributed by atoms with van der Waals surface area (Å²) in [6.45, 7) is -0.183. The number of nitro benzene ring substituents is 1. The first-order chi connectivity index (χ1) is 9.92. The summed E-state index contributed by atoms with van der Waals surface area (Å²) in [7, 11) is 1.36. The van der Waals surface area contributed by atoms with Crippen molar-refractivity contribution in [3.8, 4) is 5.75 Å². The summed E-state index contributed by atoms with van der Waals surface area (Å²) < 4.78 is 19.1. The number of non-ortho nitro benzene ring substituents is 1. The Morgan fingerprint density at radius 2 is 2.14 bits per heavy atom. The van der Waals surface area contributed by atoms with E-state index in [-0.39, 0.29) is 12.2 Å². The molecular formula is C12H10FN3O5. The molecule has 8 nitrogen and oxygen atoms in total. The second-order valence-corrected chi connectivity index (χ2v) is 4.12. The molecule has 1 aromatic carbocycles. The minimum absolute atomic E-state index is 0.183. The molecule has 1 N–H and O–H groups in total. The van der Waals surface area contributed by atoms with Crippen LogP contribution in [0.2, 0.25) is 0 Å². The highest BCUT2D eigenvalue weighted by atomic mass is 19.1. The zero-order valence-electron chi connectivity index (χ0n) is 10.8. The molecule has 110 valence electrons. The normalized spacial score (nSPS) is 10.4. The van der Waals surface area contributed by atoms with Crippen LogP contribution >= 0.6 is 0 Å². The van der Waals surface area contributed by atoms with E-state index in [0.29, 0.717) is 11.3 Å². The summed E-state index contributed by atoms with van der Waals surface area (Å²) in [5.74, 6) is -0.821. The molecule has 1 aromatic heterocycles. The van der Waals surface area contributed by atoms with Gasteiger partial charge >= 0.3 is 5.69 Å². The maximum Gasteiger partial charge on any atom is 0.328 e. The number of halogens is 1. The van der Waals surface area contributed by atoms with Gasteiger partial charge in [-0.15, -0.1) is 0 Å². The zero-order chi connectivity index (χ0) is 15.6. The topological polar surface area (TPSA) is 107 Å². The van der Waals surface area contributed by atoms with Gasteiger partial charge in [-0.3, -0.25) is 24.5 Å². The van der Waals surface area contributed by atoms with Crippen molar-refractivity contribution in [3.63, 3.8) is 0 Å². The van der Waals surface area contributed by atoms with Crippen molar-refractivity contribution in [2.24, 2.45) is 0 Å². The molecule has 0 spiro atoms. The summed E-state index contributed by atoms with van der Waals surface area (Å²) in [5.41, 5.74) is -1.83. The fraction of sp³-hybridized carbons (Fsp3) is 0.167. The Balaban J connectivity index is 2.50. The van der Waals surface area contributed by atoms with Gasteiger partial charge in [-0.05, 0) is 6.07 Å². The molecular weight excluding hydrogens is 285 g/mol. The number of hydrogen-bond acceptors (Lipinski definition) is 5. The lowest BCUT2D eigenvalue weighted by Gasteiger charge is -2.09. The number of benzene rings is 1. The third-order valence-corrected chi connectivity index (χ3v) is 2.78. The van der Waals surface area contributed by atoms with Crippen molar-refractivity contribution >= 4 is 5.69 Å². The van der Waals surface area contributed by atoms with Crippen LogP contribution in [0.5, 0.6) is 5.75 Å². The van der Waals surface area contributed by atoms with E-state index in [1.54, 1.807) is 4.98 Å². The lowest BCUT2D eigenvalue weighted by atomic mass is 10.1. The molecule has 0 aliphatic heterocycles. The molecule has 2 rings (SSSR count). The van der Waals surface area contributed by atoms with Crippen molar-refractivity contribution in [1.29, 1.82) is 0 Å². The smallest absolute Gasteiger partial charge is 0.328 e. The number of hydrogen-bond donors (Lipinski definition) is 1. The van der Waals surface area contributed by atoms with Crippen molar-refractivity contribution in [2.75, 3.05) is 7.11 Å². The number of aromatic nitrogens is 2. The molecule has 0 aliphatic carbocycles. The van der Waals surface area contributed by atoms with Gasteiger partial charge in [0, 0.05) is 17.7 Å². The first kappa shape index (κ1) is 14.4. The van der Waals surface area contributed by atoms with Crippen molar-refractivity contribution in [3.05, 3.63) is 66.7 Å². The monoisotopic (exact) mass is 295 g/mol. The number of nitrogens with one attached hydrogen (secondary N) is 1.